The van der Waals surface area contributed by atoms with Crippen molar-refractivity contribution in [1.82, 2.24) is 0 Å². The summed E-state index contributed by atoms with van der Waals surface area (Å²) in [6, 6.07) is 21.2. The third-order valence-corrected chi connectivity index (χ3v) is 11.9. The fourth-order valence-electron chi connectivity index (χ4n) is 7.94. The summed E-state index contributed by atoms with van der Waals surface area (Å²) in [5.41, 5.74) is 6.08. The number of hydrogen-bond acceptors (Lipinski definition) is 13. The quantitative estimate of drug-likeness (QED) is 0.0291. The zero-order valence-electron chi connectivity index (χ0n) is 39.5. The molecule has 3 aromatic carbocycles. The van der Waals surface area contributed by atoms with Gasteiger partial charge in [0.1, 0.15) is 37.6 Å². The second-order valence-corrected chi connectivity index (χ2v) is 17.2. The molecule has 0 bridgehead atoms. The first kappa shape index (κ1) is 52.4. The topological polar surface area (TPSA) is 167 Å². The Hall–Kier alpha value is -6.24. The molecular formula is C53H66O13. The normalized spacial score (nSPS) is 14.6. The maximum atomic E-state index is 12.6. The van der Waals surface area contributed by atoms with E-state index in [0.29, 0.717) is 30.1 Å². The lowest BCUT2D eigenvalue weighted by Crippen LogP contribution is -2.45. The van der Waals surface area contributed by atoms with Gasteiger partial charge in [-0.25, -0.2) is 28.8 Å². The Balaban J connectivity index is 1.65. The molecule has 1 aliphatic rings. The molecule has 0 aliphatic heterocycles. The van der Waals surface area contributed by atoms with E-state index in [1.54, 1.807) is 13.0 Å². The SMILES string of the molecule is C=C(C)C(=O)OCCCc1cc(-c2ccc(-c3ccc(C4CCC(CCCCC)CC4)cc3)cc2CC)ccc1OCC(COC(=O)C(=C)C)(COC(=O)C(=O)OC)COC(=O)C(=O)OC. The summed E-state index contributed by atoms with van der Waals surface area (Å²) in [5.74, 6) is -4.85. The minimum atomic E-state index is -1.68. The van der Waals surface area contributed by atoms with Crippen LogP contribution in [0.3, 0.4) is 0 Å². The fraction of sp³-hybridized carbons (Fsp3) is 0.472. The second kappa shape index (κ2) is 26.0. The van der Waals surface area contributed by atoms with Crippen molar-refractivity contribution in [2.24, 2.45) is 11.3 Å². The number of methoxy groups -OCH3 is 2. The highest BCUT2D eigenvalue weighted by atomic mass is 16.6. The first-order chi connectivity index (χ1) is 31.6. The minimum absolute atomic E-state index is 0.0474. The van der Waals surface area contributed by atoms with E-state index in [2.05, 4.69) is 78.9 Å². The largest absolute Gasteiger partial charge is 0.492 e. The van der Waals surface area contributed by atoms with Gasteiger partial charge in [-0.2, -0.15) is 0 Å². The summed E-state index contributed by atoms with van der Waals surface area (Å²) in [4.78, 5) is 73.7. The maximum Gasteiger partial charge on any atom is 0.417 e. The number of esters is 6. The summed E-state index contributed by atoms with van der Waals surface area (Å²) in [6.07, 6.45) is 12.0. The number of ether oxygens (including phenoxy) is 7. The van der Waals surface area contributed by atoms with Crippen LogP contribution < -0.4 is 4.74 Å². The van der Waals surface area contributed by atoms with Crippen molar-refractivity contribution >= 4 is 35.8 Å². The third kappa shape index (κ3) is 15.4. The highest BCUT2D eigenvalue weighted by Crippen LogP contribution is 2.39. The molecule has 1 saturated carbocycles. The summed E-state index contributed by atoms with van der Waals surface area (Å²) < 4.78 is 36.7. The van der Waals surface area contributed by atoms with E-state index < -0.39 is 67.7 Å². The van der Waals surface area contributed by atoms with Crippen molar-refractivity contribution in [1.29, 1.82) is 0 Å². The van der Waals surface area contributed by atoms with Crippen LogP contribution >= 0.6 is 0 Å². The fourth-order valence-corrected chi connectivity index (χ4v) is 7.94. The molecule has 13 nitrogen and oxygen atoms in total. The van der Waals surface area contributed by atoms with Gasteiger partial charge >= 0.3 is 35.8 Å². The number of carbonyl (C=O) groups is 6. The second-order valence-electron chi connectivity index (χ2n) is 17.2. The lowest BCUT2D eigenvalue weighted by atomic mass is 9.77. The van der Waals surface area contributed by atoms with Gasteiger partial charge in [0.25, 0.3) is 0 Å². The molecule has 0 atom stereocenters. The van der Waals surface area contributed by atoms with E-state index >= 15 is 0 Å². The van der Waals surface area contributed by atoms with Gasteiger partial charge in [-0.15, -0.1) is 0 Å². The van der Waals surface area contributed by atoms with Crippen molar-refractivity contribution in [2.75, 3.05) is 47.3 Å². The van der Waals surface area contributed by atoms with E-state index in [4.69, 9.17) is 23.7 Å². The zero-order valence-corrected chi connectivity index (χ0v) is 39.5. The first-order valence-corrected chi connectivity index (χ1v) is 22.8. The van der Waals surface area contributed by atoms with Crippen LogP contribution in [0.25, 0.3) is 22.3 Å². The molecule has 13 heteroatoms. The average Bonchev–Trinajstić information content (AvgIpc) is 3.34. The van der Waals surface area contributed by atoms with Gasteiger partial charge < -0.3 is 33.2 Å². The zero-order chi connectivity index (χ0) is 48.2. The molecule has 0 saturated heterocycles. The van der Waals surface area contributed by atoms with Crippen molar-refractivity contribution in [3.63, 3.8) is 0 Å². The molecule has 0 radical (unpaired) electrons. The average molecular weight is 911 g/mol. The molecule has 0 heterocycles. The first-order valence-electron chi connectivity index (χ1n) is 22.8. The van der Waals surface area contributed by atoms with E-state index in [0.717, 1.165) is 54.4 Å². The van der Waals surface area contributed by atoms with Gasteiger partial charge in [0.15, 0.2) is 0 Å². The van der Waals surface area contributed by atoms with Gasteiger partial charge in [-0.1, -0.05) is 101 Å². The third-order valence-electron chi connectivity index (χ3n) is 11.9. The number of hydrogen-bond donors (Lipinski definition) is 0. The number of carbonyl (C=O) groups excluding carboxylic acids is 6. The standard InChI is InChI=1S/C53H66O13/c1-9-11-12-14-37-16-18-39(19-17-37)40-20-22-41(23-21-40)42-24-26-45(38(10-2)29-42)43-25-27-46(44(30-43)15-13-28-62-47(54)35(3)4)63-31-53(32-64-48(55)36(5)6,33-65-51(58)49(56)60-7)34-66-52(59)50(57)61-8/h20-27,29-30,37,39H,3,5,9-19,28,31-34H2,1-2,4,6-8H3. The molecule has 3 aromatic rings. The highest BCUT2D eigenvalue weighted by Gasteiger charge is 2.39. The van der Waals surface area contributed by atoms with Crippen LogP contribution in [0.2, 0.25) is 0 Å². The molecule has 356 valence electrons. The summed E-state index contributed by atoms with van der Waals surface area (Å²) >= 11 is 0. The number of unbranched alkanes of at least 4 members (excludes halogenated alkanes) is 2. The Morgan fingerprint density at radius 3 is 1.70 bits per heavy atom. The number of rotatable bonds is 23. The molecule has 0 unspecified atom stereocenters. The minimum Gasteiger partial charge on any atom is -0.492 e. The van der Waals surface area contributed by atoms with Crippen LogP contribution in [-0.4, -0.2) is 83.1 Å². The molecule has 1 fully saturated rings. The highest BCUT2D eigenvalue weighted by molar-refractivity contribution is 6.30. The Morgan fingerprint density at radius 2 is 1.14 bits per heavy atom. The Labute approximate surface area is 389 Å². The predicted molar refractivity (Wildman–Crippen MR) is 249 cm³/mol. The van der Waals surface area contributed by atoms with Crippen molar-refractivity contribution in [3.05, 3.63) is 102 Å². The van der Waals surface area contributed by atoms with E-state index in [1.165, 1.54) is 63.9 Å². The molecule has 4 rings (SSSR count). The molecule has 0 N–H and O–H groups in total. The molecule has 0 aromatic heterocycles. The monoisotopic (exact) mass is 910 g/mol. The van der Waals surface area contributed by atoms with Crippen LogP contribution in [0.1, 0.15) is 108 Å². The lowest BCUT2D eigenvalue weighted by Gasteiger charge is -2.32. The van der Waals surface area contributed by atoms with Crippen LogP contribution in [0.4, 0.5) is 0 Å². The molecule has 1 aliphatic carbocycles. The van der Waals surface area contributed by atoms with Crippen molar-refractivity contribution in [2.45, 2.75) is 104 Å². The molecule has 66 heavy (non-hydrogen) atoms. The molecular weight excluding hydrogens is 845 g/mol. The summed E-state index contributed by atoms with van der Waals surface area (Å²) in [5, 5.41) is 0. The van der Waals surface area contributed by atoms with Crippen molar-refractivity contribution < 1.29 is 61.9 Å². The summed E-state index contributed by atoms with van der Waals surface area (Å²) in [6.45, 7) is 12.3. The Bertz CT molecular complexity index is 2150. The van der Waals surface area contributed by atoms with Crippen LogP contribution in [-0.2, 0) is 70.0 Å². The number of benzene rings is 3. The molecule has 0 amide bonds. The number of aryl methyl sites for hydroxylation is 2. The predicted octanol–water partition coefficient (Wildman–Crippen LogP) is 9.41. The van der Waals surface area contributed by atoms with Crippen LogP contribution in [0.5, 0.6) is 5.75 Å². The maximum absolute atomic E-state index is 12.6. The van der Waals surface area contributed by atoms with Gasteiger partial charge in [0.05, 0.1) is 20.8 Å². The van der Waals surface area contributed by atoms with Gasteiger partial charge in [0, 0.05) is 11.1 Å². The van der Waals surface area contributed by atoms with Gasteiger partial charge in [-0.05, 0) is 122 Å². The smallest absolute Gasteiger partial charge is 0.417 e. The Kier molecular flexibility index (Phi) is 20.7. The van der Waals surface area contributed by atoms with E-state index in [-0.39, 0.29) is 17.8 Å². The van der Waals surface area contributed by atoms with E-state index in [9.17, 15) is 28.8 Å². The van der Waals surface area contributed by atoms with Gasteiger partial charge in [0.2, 0.25) is 0 Å². The van der Waals surface area contributed by atoms with Crippen LogP contribution in [0, 0.1) is 11.3 Å². The Morgan fingerprint density at radius 1 is 0.591 bits per heavy atom. The van der Waals surface area contributed by atoms with Crippen LogP contribution in [0.15, 0.2) is 85.0 Å². The van der Waals surface area contributed by atoms with E-state index in [1.807, 2.05) is 12.1 Å². The summed E-state index contributed by atoms with van der Waals surface area (Å²) in [7, 11) is 1.99. The van der Waals surface area contributed by atoms with Gasteiger partial charge in [-0.3, -0.25) is 0 Å². The lowest BCUT2D eigenvalue weighted by molar-refractivity contribution is -0.177. The van der Waals surface area contributed by atoms with Crippen molar-refractivity contribution in [3.8, 4) is 28.0 Å². The molecule has 0 spiro atoms.